The van der Waals surface area contributed by atoms with E-state index in [1.54, 1.807) is 0 Å². The van der Waals surface area contributed by atoms with Gasteiger partial charge in [-0.1, -0.05) is 36.2 Å². The van der Waals surface area contributed by atoms with Crippen LogP contribution in [0.25, 0.3) is 0 Å². The molecule has 0 aliphatic rings. The van der Waals surface area contributed by atoms with E-state index in [2.05, 4.69) is 4.72 Å². The molecule has 0 aliphatic heterocycles. The Morgan fingerprint density at radius 2 is 1.95 bits per heavy atom. The van der Waals surface area contributed by atoms with Crippen LogP contribution in [-0.4, -0.2) is 26.4 Å². The van der Waals surface area contributed by atoms with Crippen molar-refractivity contribution in [1.29, 1.82) is 0 Å². The molecular formula is C13H19NO4S. The summed E-state index contributed by atoms with van der Waals surface area (Å²) < 4.78 is 21.3. The van der Waals surface area contributed by atoms with Gasteiger partial charge in [0.05, 0.1) is 5.92 Å². The van der Waals surface area contributed by atoms with Crippen LogP contribution in [0.3, 0.4) is 0 Å². The summed E-state index contributed by atoms with van der Waals surface area (Å²) in [6, 6.07) is 7.49. The van der Waals surface area contributed by atoms with Crippen LogP contribution in [0.15, 0.2) is 24.3 Å². The van der Waals surface area contributed by atoms with E-state index >= 15 is 0 Å². The number of aliphatic carboxylic acids is 1. The highest BCUT2D eigenvalue weighted by atomic mass is 32.2. The number of carboxylic acid groups (broad SMARTS) is 1. The molecule has 2 unspecified atom stereocenters. The highest BCUT2D eigenvalue weighted by molar-refractivity contribution is 7.77. The van der Waals surface area contributed by atoms with Crippen LogP contribution in [-0.2, 0) is 16.1 Å². The molecule has 0 bridgehead atoms. The van der Waals surface area contributed by atoms with Crippen molar-refractivity contribution in [2.75, 3.05) is 6.54 Å². The van der Waals surface area contributed by atoms with E-state index in [4.69, 9.17) is 4.55 Å². The minimum Gasteiger partial charge on any atom is -0.481 e. The topological polar surface area (TPSA) is 86.6 Å². The lowest BCUT2D eigenvalue weighted by atomic mass is 9.93. The van der Waals surface area contributed by atoms with E-state index in [1.807, 2.05) is 31.2 Å². The van der Waals surface area contributed by atoms with E-state index in [-0.39, 0.29) is 0 Å². The molecule has 2 atom stereocenters. The van der Waals surface area contributed by atoms with Gasteiger partial charge < -0.3 is 5.11 Å². The first-order valence-corrected chi connectivity index (χ1v) is 7.25. The van der Waals surface area contributed by atoms with Gasteiger partial charge in [0.25, 0.3) is 0 Å². The zero-order valence-corrected chi connectivity index (χ0v) is 11.7. The van der Waals surface area contributed by atoms with Crippen molar-refractivity contribution in [3.05, 3.63) is 35.4 Å². The Morgan fingerprint density at radius 3 is 2.47 bits per heavy atom. The number of rotatable bonds is 8. The predicted octanol–water partition coefficient (Wildman–Crippen LogP) is 2.06. The Bertz CT molecular complexity index is 433. The van der Waals surface area contributed by atoms with Gasteiger partial charge in [-0.25, -0.2) is 8.93 Å². The van der Waals surface area contributed by atoms with Crippen molar-refractivity contribution >= 4 is 17.2 Å². The average Bonchev–Trinajstić information content (AvgIpc) is 2.34. The molecule has 1 rings (SSSR count). The lowest BCUT2D eigenvalue weighted by Crippen LogP contribution is -2.18. The standard InChI is InChI=1S/C13H19NO4S/c1-10-5-7-11(8-6-10)12(13(15)16)4-2-3-9-14-19(17)18/h5-8,12,14H,2-4,9H2,1H3,(H,15,16)(H,17,18). The second-order valence-corrected chi connectivity index (χ2v) is 5.23. The average molecular weight is 285 g/mol. The molecule has 0 spiro atoms. The molecule has 3 N–H and O–H groups in total. The molecule has 0 aliphatic carbocycles. The monoisotopic (exact) mass is 285 g/mol. The lowest BCUT2D eigenvalue weighted by Gasteiger charge is -2.12. The summed E-state index contributed by atoms with van der Waals surface area (Å²) in [5.74, 6) is -1.34. The van der Waals surface area contributed by atoms with Crippen molar-refractivity contribution in [1.82, 2.24) is 4.72 Å². The Kier molecular flexibility index (Phi) is 6.69. The second kappa shape index (κ2) is 8.04. The third-order valence-electron chi connectivity index (χ3n) is 2.92. The zero-order chi connectivity index (χ0) is 14.3. The van der Waals surface area contributed by atoms with Crippen molar-refractivity contribution in [3.63, 3.8) is 0 Å². The summed E-state index contributed by atoms with van der Waals surface area (Å²) in [5, 5.41) is 9.24. The highest BCUT2D eigenvalue weighted by Gasteiger charge is 2.18. The fourth-order valence-corrected chi connectivity index (χ4v) is 2.18. The summed E-state index contributed by atoms with van der Waals surface area (Å²) in [4.78, 5) is 11.3. The number of aryl methyl sites for hydroxylation is 1. The minimum atomic E-state index is -1.99. The molecule has 0 fully saturated rings. The van der Waals surface area contributed by atoms with Crippen LogP contribution in [0, 0.1) is 6.92 Å². The van der Waals surface area contributed by atoms with Crippen LogP contribution in [0.4, 0.5) is 0 Å². The molecule has 0 heterocycles. The van der Waals surface area contributed by atoms with Gasteiger partial charge in [0, 0.05) is 6.54 Å². The van der Waals surface area contributed by atoms with Crippen molar-refractivity contribution in [2.24, 2.45) is 0 Å². The molecule has 0 radical (unpaired) electrons. The second-order valence-electron chi connectivity index (χ2n) is 4.44. The molecule has 1 aromatic rings. The van der Waals surface area contributed by atoms with Crippen LogP contribution in [0.1, 0.15) is 36.3 Å². The Labute approximate surface area is 115 Å². The fourth-order valence-electron chi connectivity index (χ4n) is 1.86. The quantitative estimate of drug-likeness (QED) is 0.504. The minimum absolute atomic E-state index is 0.406. The van der Waals surface area contributed by atoms with E-state index in [1.165, 1.54) is 0 Å². The first-order chi connectivity index (χ1) is 9.00. The summed E-state index contributed by atoms with van der Waals surface area (Å²) in [6.45, 7) is 2.36. The van der Waals surface area contributed by atoms with Crippen molar-refractivity contribution in [3.8, 4) is 0 Å². The normalized spacial score (nSPS) is 14.0. The SMILES string of the molecule is Cc1ccc(C(CCCCNS(=O)O)C(=O)O)cc1. The van der Waals surface area contributed by atoms with Crippen LogP contribution in [0.2, 0.25) is 0 Å². The number of hydrogen-bond acceptors (Lipinski definition) is 2. The molecule has 1 aromatic carbocycles. The van der Waals surface area contributed by atoms with E-state index in [0.717, 1.165) is 11.1 Å². The summed E-state index contributed by atoms with van der Waals surface area (Å²) >= 11 is -1.99. The van der Waals surface area contributed by atoms with Gasteiger partial charge in [-0.3, -0.25) is 9.35 Å². The predicted molar refractivity (Wildman–Crippen MR) is 74.2 cm³/mol. The third-order valence-corrected chi connectivity index (χ3v) is 3.37. The maximum Gasteiger partial charge on any atom is 0.310 e. The van der Waals surface area contributed by atoms with Gasteiger partial charge >= 0.3 is 5.97 Å². The van der Waals surface area contributed by atoms with Crippen LogP contribution >= 0.6 is 0 Å². The van der Waals surface area contributed by atoms with Crippen molar-refractivity contribution < 1.29 is 18.7 Å². The number of carboxylic acids is 1. The summed E-state index contributed by atoms with van der Waals surface area (Å²) in [5.41, 5.74) is 1.90. The molecular weight excluding hydrogens is 266 g/mol. The van der Waals surface area contributed by atoms with Crippen LogP contribution < -0.4 is 4.72 Å². The number of hydrogen-bond donors (Lipinski definition) is 3. The van der Waals surface area contributed by atoms with Crippen molar-refractivity contribution in [2.45, 2.75) is 32.1 Å². The van der Waals surface area contributed by atoms with Crippen LogP contribution in [0.5, 0.6) is 0 Å². The maximum absolute atomic E-state index is 11.3. The first kappa shape index (κ1) is 15.8. The fraction of sp³-hybridized carbons (Fsp3) is 0.462. The summed E-state index contributed by atoms with van der Waals surface area (Å²) in [7, 11) is 0. The highest BCUT2D eigenvalue weighted by Crippen LogP contribution is 2.22. The number of carbonyl (C=O) groups is 1. The lowest BCUT2D eigenvalue weighted by molar-refractivity contribution is -0.139. The molecule has 5 nitrogen and oxygen atoms in total. The third kappa shape index (κ3) is 5.96. The maximum atomic E-state index is 11.3. The Balaban J connectivity index is 2.47. The number of benzene rings is 1. The van der Waals surface area contributed by atoms with Gasteiger partial charge in [0.15, 0.2) is 0 Å². The molecule has 19 heavy (non-hydrogen) atoms. The van der Waals surface area contributed by atoms with E-state index in [0.29, 0.717) is 25.8 Å². The van der Waals surface area contributed by atoms with Gasteiger partial charge in [-0.15, -0.1) is 0 Å². The first-order valence-electron chi connectivity index (χ1n) is 6.14. The molecule has 0 saturated heterocycles. The molecule has 106 valence electrons. The molecule has 0 aromatic heterocycles. The Hall–Kier alpha value is -1.24. The molecule has 6 heteroatoms. The summed E-state index contributed by atoms with van der Waals surface area (Å²) in [6.07, 6.45) is 1.88. The van der Waals surface area contributed by atoms with Gasteiger partial charge in [-0.2, -0.15) is 0 Å². The van der Waals surface area contributed by atoms with Gasteiger partial charge in [-0.05, 0) is 25.3 Å². The zero-order valence-electron chi connectivity index (χ0n) is 10.8. The number of unbranched alkanes of at least 4 members (excludes halogenated alkanes) is 1. The van der Waals surface area contributed by atoms with Gasteiger partial charge in [0.2, 0.25) is 11.3 Å². The van der Waals surface area contributed by atoms with E-state index in [9.17, 15) is 14.1 Å². The molecule has 0 saturated carbocycles. The smallest absolute Gasteiger partial charge is 0.310 e. The van der Waals surface area contributed by atoms with Gasteiger partial charge in [0.1, 0.15) is 0 Å². The largest absolute Gasteiger partial charge is 0.481 e. The Morgan fingerprint density at radius 1 is 1.32 bits per heavy atom. The molecule has 0 amide bonds. The number of nitrogens with one attached hydrogen (secondary N) is 1. The van der Waals surface area contributed by atoms with E-state index < -0.39 is 23.2 Å².